The zero-order chi connectivity index (χ0) is 45.6. The number of ether oxygens (including phenoxy) is 5. The number of aliphatic hydroxyl groups is 2. The molecule has 4 aromatic rings. The second kappa shape index (κ2) is 22.7. The smallest absolute Gasteiger partial charge is 0.410 e. The molecule has 6 atom stereocenters. The van der Waals surface area contributed by atoms with Crippen LogP contribution in [-0.4, -0.2) is 83.8 Å². The number of unbranched alkanes of at least 4 members (excludes halogenated alkanes) is 2. The molecule has 2 aliphatic carbocycles. The number of rotatable bonds is 23. The van der Waals surface area contributed by atoms with Crippen LogP contribution in [0.5, 0.6) is 17.2 Å². The fourth-order valence-electron chi connectivity index (χ4n) is 9.53. The van der Waals surface area contributed by atoms with Crippen LogP contribution in [0.25, 0.3) is 0 Å². The summed E-state index contributed by atoms with van der Waals surface area (Å²) in [5.74, 6) is -1.08. The second-order valence-corrected chi connectivity index (χ2v) is 16.7. The SMILES string of the molecule is C=CCOC12Oc3ccc(Oc4cccc([N+](=O)[O-])c4)cc3C3C(CCCCO)C(CCCCO)C=C(C(=NOCc4ccccc4)CC1N(C)C(=O)OCCOCc1ccccc1)C32. The number of nitrogens with zero attached hydrogens (tertiary/aromatic N) is 3. The Balaban J connectivity index is 1.32. The zero-order valence-corrected chi connectivity index (χ0v) is 36.9. The van der Waals surface area contributed by atoms with Gasteiger partial charge in [-0.15, -0.1) is 6.58 Å². The van der Waals surface area contributed by atoms with E-state index in [-0.39, 0.29) is 69.5 Å². The molecular weight excluding hydrogens is 831 g/mol. The lowest BCUT2D eigenvalue weighted by molar-refractivity contribution is -0.384. The first-order valence-corrected chi connectivity index (χ1v) is 22.4. The highest BCUT2D eigenvalue weighted by Gasteiger charge is 2.65. The summed E-state index contributed by atoms with van der Waals surface area (Å²) < 4.78 is 32.2. The summed E-state index contributed by atoms with van der Waals surface area (Å²) in [5, 5.41) is 36.4. The lowest BCUT2D eigenvalue weighted by Gasteiger charge is -2.59. The molecule has 0 aromatic heterocycles. The highest BCUT2D eigenvalue weighted by atomic mass is 16.7. The third kappa shape index (κ3) is 11.3. The number of aliphatic hydroxyl groups excluding tert-OH is 2. The number of fused-ring (bicyclic) bond motifs is 2. The third-order valence-corrected chi connectivity index (χ3v) is 12.5. The predicted octanol–water partition coefficient (Wildman–Crippen LogP) is 9.51. The molecule has 0 spiro atoms. The van der Waals surface area contributed by atoms with Crippen LogP contribution < -0.4 is 9.47 Å². The molecule has 2 N–H and O–H groups in total. The molecule has 14 nitrogen and oxygen atoms in total. The summed E-state index contributed by atoms with van der Waals surface area (Å²) in [7, 11) is 1.68. The molecule has 0 saturated heterocycles. The van der Waals surface area contributed by atoms with Gasteiger partial charge in [0.25, 0.3) is 5.69 Å². The average molecular weight is 890 g/mol. The molecule has 1 amide bonds. The number of hydrogen-bond donors (Lipinski definition) is 2. The van der Waals surface area contributed by atoms with Gasteiger partial charge < -0.3 is 43.6 Å². The molecular formula is C51H59N3O11. The molecule has 1 heterocycles. The zero-order valence-electron chi connectivity index (χ0n) is 36.9. The quantitative estimate of drug-likeness (QED) is 0.0315. The highest BCUT2D eigenvalue weighted by Crippen LogP contribution is 2.62. The summed E-state index contributed by atoms with van der Waals surface area (Å²) in [6.07, 6.45) is 7.81. The molecule has 1 fully saturated rings. The van der Waals surface area contributed by atoms with Crippen molar-refractivity contribution in [2.75, 3.05) is 40.1 Å². The lowest BCUT2D eigenvalue weighted by atomic mass is 9.55. The van der Waals surface area contributed by atoms with E-state index in [0.717, 1.165) is 47.9 Å². The Kier molecular flexibility index (Phi) is 16.4. The Morgan fingerprint density at radius 3 is 2.32 bits per heavy atom. The molecule has 0 bridgehead atoms. The van der Waals surface area contributed by atoms with E-state index in [2.05, 4.69) is 12.7 Å². The maximum atomic E-state index is 14.2. The molecule has 344 valence electrons. The van der Waals surface area contributed by atoms with E-state index in [1.54, 1.807) is 31.3 Å². The lowest BCUT2D eigenvalue weighted by Crippen LogP contribution is -2.69. The molecule has 3 aliphatic rings. The Morgan fingerprint density at radius 1 is 0.908 bits per heavy atom. The number of non-ortho nitro benzene ring substituents is 1. The van der Waals surface area contributed by atoms with E-state index in [4.69, 9.17) is 33.7 Å². The number of benzene rings is 4. The standard InChI is InChI=1S/C51H59N3O11/c1-3-27-62-51-47(53(2)50(57)61-29-28-60-34-36-15-6-4-7-16-36)33-45(52-63-35-37-17-8-5-9-18-37)43-30-38(19-10-12-25-55)42(22-11-13-26-56)48(49(43)51)44-32-41(23-24-46(44)65-51)64-40-21-14-20-39(31-40)54(58)59/h3-9,14-18,20-21,23-24,30-32,38,42,47-49,55-56H,1,10-13,19,22,25-29,33-35H2,2H3. The summed E-state index contributed by atoms with van der Waals surface area (Å²) >= 11 is 0. The first-order chi connectivity index (χ1) is 31.8. The minimum Gasteiger partial charge on any atom is -0.459 e. The largest absolute Gasteiger partial charge is 0.459 e. The van der Waals surface area contributed by atoms with Crippen molar-refractivity contribution in [2.45, 2.75) is 75.9 Å². The minimum atomic E-state index is -1.48. The van der Waals surface area contributed by atoms with Crippen LogP contribution in [0, 0.1) is 27.9 Å². The van der Waals surface area contributed by atoms with Gasteiger partial charge in [-0.1, -0.05) is 96.9 Å². The summed E-state index contributed by atoms with van der Waals surface area (Å²) in [6, 6.07) is 30.3. The molecule has 4 aromatic carbocycles. The Labute approximate surface area is 380 Å². The van der Waals surface area contributed by atoms with Gasteiger partial charge in [-0.2, -0.15) is 0 Å². The Hall–Kier alpha value is -6.06. The predicted molar refractivity (Wildman–Crippen MR) is 245 cm³/mol. The van der Waals surface area contributed by atoms with Gasteiger partial charge in [-0.3, -0.25) is 10.1 Å². The highest BCUT2D eigenvalue weighted by molar-refractivity contribution is 6.03. The first-order valence-electron chi connectivity index (χ1n) is 22.4. The van der Waals surface area contributed by atoms with E-state index in [1.165, 1.54) is 17.0 Å². The van der Waals surface area contributed by atoms with Crippen LogP contribution in [0.2, 0.25) is 0 Å². The monoisotopic (exact) mass is 889 g/mol. The van der Waals surface area contributed by atoms with Crippen LogP contribution in [0.3, 0.4) is 0 Å². The van der Waals surface area contributed by atoms with Gasteiger partial charge in [-0.05, 0) is 78.5 Å². The Morgan fingerprint density at radius 2 is 1.62 bits per heavy atom. The Bertz CT molecular complexity index is 2270. The van der Waals surface area contributed by atoms with E-state index < -0.39 is 28.8 Å². The van der Waals surface area contributed by atoms with Gasteiger partial charge in [-0.25, -0.2) is 4.79 Å². The van der Waals surface area contributed by atoms with Crippen molar-refractivity contribution in [1.82, 2.24) is 4.90 Å². The normalized spacial score (nSPS) is 22.4. The van der Waals surface area contributed by atoms with Crippen LogP contribution in [0.1, 0.15) is 67.6 Å². The average Bonchev–Trinajstić information content (AvgIpc) is 3.32. The molecule has 1 saturated carbocycles. The van der Waals surface area contributed by atoms with Gasteiger partial charge >= 0.3 is 6.09 Å². The number of hydrogen-bond acceptors (Lipinski definition) is 12. The van der Waals surface area contributed by atoms with Crippen LogP contribution in [-0.2, 0) is 32.3 Å². The van der Waals surface area contributed by atoms with Gasteiger partial charge in [0.1, 0.15) is 36.5 Å². The number of likely N-dealkylation sites (N-methyl/N-ethyl adjacent to an activating group) is 1. The number of carbonyl (C=O) groups is 1. The van der Waals surface area contributed by atoms with Crippen molar-refractivity contribution in [3.8, 4) is 17.2 Å². The van der Waals surface area contributed by atoms with E-state index in [0.29, 0.717) is 42.4 Å². The van der Waals surface area contributed by atoms with E-state index >= 15 is 0 Å². The van der Waals surface area contributed by atoms with Crippen LogP contribution in [0.4, 0.5) is 10.5 Å². The summed E-state index contributed by atoms with van der Waals surface area (Å²) in [6.45, 7) is 5.00. The molecule has 65 heavy (non-hydrogen) atoms. The first kappa shape index (κ1) is 46.9. The molecule has 6 unspecified atom stereocenters. The van der Waals surface area contributed by atoms with Crippen molar-refractivity contribution in [3.63, 3.8) is 0 Å². The fourth-order valence-corrected chi connectivity index (χ4v) is 9.53. The van der Waals surface area contributed by atoms with E-state index in [1.807, 2.05) is 72.8 Å². The number of carbonyl (C=O) groups excluding carboxylic acids is 1. The molecule has 1 aliphatic heterocycles. The second-order valence-electron chi connectivity index (χ2n) is 16.7. The van der Waals surface area contributed by atoms with Crippen molar-refractivity contribution >= 4 is 17.5 Å². The maximum Gasteiger partial charge on any atom is 0.410 e. The number of allylic oxidation sites excluding steroid dienone is 1. The van der Waals surface area contributed by atoms with Crippen molar-refractivity contribution < 1.29 is 48.5 Å². The van der Waals surface area contributed by atoms with Gasteiger partial charge in [0.15, 0.2) is 0 Å². The van der Waals surface area contributed by atoms with Gasteiger partial charge in [0, 0.05) is 44.2 Å². The molecule has 14 heteroatoms. The topological polar surface area (TPSA) is 172 Å². The minimum absolute atomic E-state index is 0.00958. The van der Waals surface area contributed by atoms with Crippen LogP contribution in [0.15, 0.2) is 133 Å². The third-order valence-electron chi connectivity index (χ3n) is 12.5. The number of nitro groups is 1. The van der Waals surface area contributed by atoms with Crippen molar-refractivity contribution in [2.24, 2.45) is 22.9 Å². The number of amides is 1. The maximum absolute atomic E-state index is 14.2. The number of nitro benzene ring substituents is 1. The van der Waals surface area contributed by atoms with E-state index in [9.17, 15) is 25.1 Å². The molecule has 0 radical (unpaired) electrons. The van der Waals surface area contributed by atoms with Crippen molar-refractivity contribution in [3.05, 3.63) is 154 Å². The molecule has 7 rings (SSSR count). The fraction of sp³-hybridized carbons (Fsp3) is 0.412. The van der Waals surface area contributed by atoms with Crippen LogP contribution >= 0.6 is 0 Å². The summed E-state index contributed by atoms with van der Waals surface area (Å²) in [5.41, 5.74) is 4.21. The van der Waals surface area contributed by atoms with Crippen molar-refractivity contribution in [1.29, 1.82) is 0 Å². The van der Waals surface area contributed by atoms with Gasteiger partial charge in [0.05, 0.1) is 42.4 Å². The summed E-state index contributed by atoms with van der Waals surface area (Å²) in [4.78, 5) is 33.1. The van der Waals surface area contributed by atoms with Gasteiger partial charge in [0.2, 0.25) is 5.79 Å². The number of oxime groups is 1.